The Morgan fingerprint density at radius 2 is 2.00 bits per heavy atom. The summed E-state index contributed by atoms with van der Waals surface area (Å²) in [6.45, 7) is 3.47. The summed E-state index contributed by atoms with van der Waals surface area (Å²) in [6, 6.07) is 9.60. The lowest BCUT2D eigenvalue weighted by Crippen LogP contribution is -2.26. The Hall–Kier alpha value is -0.340. The van der Waals surface area contributed by atoms with Crippen molar-refractivity contribution < 1.29 is 0 Å². The largest absolute Gasteiger partial charge is 0.314 e. The monoisotopic (exact) mass is 295 g/mol. The second-order valence-corrected chi connectivity index (χ2v) is 6.08. The average Bonchev–Trinajstić information content (AvgIpc) is 3.13. The first kappa shape index (κ1) is 13.1. The third-order valence-electron chi connectivity index (χ3n) is 3.41. The summed E-state index contributed by atoms with van der Waals surface area (Å²) in [5.41, 5.74) is 1.46. The molecule has 0 radical (unpaired) electrons. The summed E-state index contributed by atoms with van der Waals surface area (Å²) >= 11 is 3.49. The van der Waals surface area contributed by atoms with Crippen LogP contribution >= 0.6 is 15.9 Å². The molecule has 1 aliphatic carbocycles. The van der Waals surface area contributed by atoms with Crippen LogP contribution in [0.1, 0.15) is 38.2 Å². The molecule has 1 saturated carbocycles. The fraction of sp³-hybridized carbons (Fsp3) is 0.600. The van der Waals surface area contributed by atoms with Crippen molar-refractivity contribution in [2.75, 3.05) is 6.54 Å². The van der Waals surface area contributed by atoms with Gasteiger partial charge in [0.05, 0.1) is 0 Å². The van der Waals surface area contributed by atoms with E-state index in [1.165, 1.54) is 48.7 Å². The van der Waals surface area contributed by atoms with Gasteiger partial charge < -0.3 is 5.32 Å². The zero-order valence-electron chi connectivity index (χ0n) is 10.6. The fourth-order valence-corrected chi connectivity index (χ4v) is 2.52. The summed E-state index contributed by atoms with van der Waals surface area (Å²) in [5, 5.41) is 3.66. The van der Waals surface area contributed by atoms with Crippen molar-refractivity contribution in [1.29, 1.82) is 0 Å². The molecule has 0 heterocycles. The molecule has 0 aromatic heterocycles. The topological polar surface area (TPSA) is 12.0 Å². The highest BCUT2D eigenvalue weighted by Gasteiger charge is 2.21. The maximum Gasteiger partial charge on any atom is 0.0175 e. The number of rotatable bonds is 7. The Labute approximate surface area is 113 Å². The van der Waals surface area contributed by atoms with E-state index in [0.717, 1.165) is 12.0 Å². The Kier molecular flexibility index (Phi) is 5.05. The molecule has 0 saturated heterocycles. The van der Waals surface area contributed by atoms with Crippen LogP contribution in [0.25, 0.3) is 0 Å². The molecule has 0 spiro atoms. The Morgan fingerprint density at radius 3 is 2.59 bits per heavy atom. The van der Waals surface area contributed by atoms with Crippen LogP contribution in [-0.4, -0.2) is 12.6 Å². The third-order valence-corrected chi connectivity index (χ3v) is 3.94. The third kappa shape index (κ3) is 4.81. The molecule has 17 heavy (non-hydrogen) atoms. The molecule has 1 aromatic rings. The van der Waals surface area contributed by atoms with E-state index in [0.29, 0.717) is 0 Å². The quantitative estimate of drug-likeness (QED) is 0.796. The van der Waals surface area contributed by atoms with Crippen molar-refractivity contribution in [2.45, 2.75) is 45.1 Å². The van der Waals surface area contributed by atoms with E-state index in [1.807, 2.05) is 0 Å². The summed E-state index contributed by atoms with van der Waals surface area (Å²) in [7, 11) is 0. The zero-order valence-corrected chi connectivity index (χ0v) is 12.2. The van der Waals surface area contributed by atoms with Gasteiger partial charge in [-0.1, -0.05) is 41.4 Å². The number of halogens is 1. The minimum atomic E-state index is 0.793. The van der Waals surface area contributed by atoms with Gasteiger partial charge in [0.15, 0.2) is 0 Å². The molecule has 1 unspecified atom stereocenters. The maximum atomic E-state index is 3.66. The molecule has 1 atom stereocenters. The van der Waals surface area contributed by atoms with Crippen molar-refractivity contribution in [3.63, 3.8) is 0 Å². The first-order chi connectivity index (χ1) is 8.28. The van der Waals surface area contributed by atoms with Crippen LogP contribution < -0.4 is 5.32 Å². The number of hydrogen-bond donors (Lipinski definition) is 1. The molecule has 1 aliphatic rings. The van der Waals surface area contributed by atoms with Gasteiger partial charge in [-0.15, -0.1) is 0 Å². The van der Waals surface area contributed by atoms with Gasteiger partial charge in [0, 0.05) is 10.5 Å². The Balaban J connectivity index is 1.84. The first-order valence-electron chi connectivity index (χ1n) is 6.75. The van der Waals surface area contributed by atoms with Crippen molar-refractivity contribution in [1.82, 2.24) is 5.32 Å². The van der Waals surface area contributed by atoms with Gasteiger partial charge >= 0.3 is 0 Å². The smallest absolute Gasteiger partial charge is 0.0175 e. The lowest BCUT2D eigenvalue weighted by Gasteiger charge is -2.17. The first-order valence-corrected chi connectivity index (χ1v) is 7.55. The molecule has 1 aromatic carbocycles. The highest BCUT2D eigenvalue weighted by molar-refractivity contribution is 9.10. The van der Waals surface area contributed by atoms with E-state index in [9.17, 15) is 0 Å². The normalized spacial score (nSPS) is 17.1. The van der Waals surface area contributed by atoms with E-state index in [-0.39, 0.29) is 0 Å². The van der Waals surface area contributed by atoms with Crippen LogP contribution in [0.5, 0.6) is 0 Å². The zero-order chi connectivity index (χ0) is 12.1. The molecule has 1 nitrogen and oxygen atoms in total. The average molecular weight is 296 g/mol. The van der Waals surface area contributed by atoms with E-state index in [4.69, 9.17) is 0 Å². The number of hydrogen-bond acceptors (Lipinski definition) is 1. The molecule has 2 heteroatoms. The minimum absolute atomic E-state index is 0.793. The molecule has 2 rings (SSSR count). The van der Waals surface area contributed by atoms with Crippen molar-refractivity contribution >= 4 is 15.9 Å². The van der Waals surface area contributed by atoms with Crippen molar-refractivity contribution in [3.8, 4) is 0 Å². The Morgan fingerprint density at radius 1 is 1.29 bits per heavy atom. The number of benzene rings is 1. The highest BCUT2D eigenvalue weighted by Crippen LogP contribution is 2.21. The lowest BCUT2D eigenvalue weighted by atomic mass is 9.95. The SMILES string of the molecule is CCCC(CNC1CC1)Cc1ccc(Br)cc1. The summed E-state index contributed by atoms with van der Waals surface area (Å²) in [6.07, 6.45) is 6.60. The predicted molar refractivity (Wildman–Crippen MR) is 77.3 cm³/mol. The van der Waals surface area contributed by atoms with Crippen LogP contribution in [0.15, 0.2) is 28.7 Å². The standard InChI is InChI=1S/C15H22BrN/c1-2-3-13(11-17-15-8-9-15)10-12-4-6-14(16)7-5-12/h4-7,13,15,17H,2-3,8-11H2,1H3. The molecular formula is C15H22BrN. The summed E-state index contributed by atoms with van der Waals surface area (Å²) in [4.78, 5) is 0. The van der Waals surface area contributed by atoms with E-state index >= 15 is 0 Å². The molecule has 0 amide bonds. The predicted octanol–water partition coefficient (Wildman–Crippen LogP) is 4.16. The van der Waals surface area contributed by atoms with Crippen LogP contribution in [-0.2, 0) is 6.42 Å². The van der Waals surface area contributed by atoms with Crippen LogP contribution in [0, 0.1) is 5.92 Å². The van der Waals surface area contributed by atoms with Crippen LogP contribution in [0.2, 0.25) is 0 Å². The van der Waals surface area contributed by atoms with Gasteiger partial charge in [0.2, 0.25) is 0 Å². The van der Waals surface area contributed by atoms with Crippen molar-refractivity contribution in [2.24, 2.45) is 5.92 Å². The van der Waals surface area contributed by atoms with Gasteiger partial charge in [0.1, 0.15) is 0 Å². The van der Waals surface area contributed by atoms with Gasteiger partial charge in [-0.2, -0.15) is 0 Å². The Bertz CT molecular complexity index is 329. The minimum Gasteiger partial charge on any atom is -0.314 e. The molecule has 94 valence electrons. The molecule has 1 N–H and O–H groups in total. The van der Waals surface area contributed by atoms with Gasteiger partial charge in [-0.3, -0.25) is 0 Å². The van der Waals surface area contributed by atoms with Crippen LogP contribution in [0.4, 0.5) is 0 Å². The maximum absolute atomic E-state index is 3.66. The molecule has 0 aliphatic heterocycles. The molecule has 0 bridgehead atoms. The summed E-state index contributed by atoms with van der Waals surface area (Å²) in [5.74, 6) is 0.793. The van der Waals surface area contributed by atoms with E-state index in [2.05, 4.69) is 52.4 Å². The van der Waals surface area contributed by atoms with Gasteiger partial charge in [0.25, 0.3) is 0 Å². The van der Waals surface area contributed by atoms with Gasteiger partial charge in [-0.25, -0.2) is 0 Å². The van der Waals surface area contributed by atoms with E-state index in [1.54, 1.807) is 0 Å². The highest BCUT2D eigenvalue weighted by atomic mass is 79.9. The summed E-state index contributed by atoms with van der Waals surface area (Å²) < 4.78 is 1.17. The van der Waals surface area contributed by atoms with E-state index < -0.39 is 0 Å². The lowest BCUT2D eigenvalue weighted by molar-refractivity contribution is 0.437. The number of nitrogens with one attached hydrogen (secondary N) is 1. The second kappa shape index (κ2) is 6.55. The van der Waals surface area contributed by atoms with Crippen LogP contribution in [0.3, 0.4) is 0 Å². The molecular weight excluding hydrogens is 274 g/mol. The molecule has 1 fully saturated rings. The van der Waals surface area contributed by atoms with Crippen molar-refractivity contribution in [3.05, 3.63) is 34.3 Å². The fourth-order valence-electron chi connectivity index (χ4n) is 2.26. The van der Waals surface area contributed by atoms with Gasteiger partial charge in [-0.05, 0) is 55.8 Å². The second-order valence-electron chi connectivity index (χ2n) is 5.17.